The minimum absolute atomic E-state index is 0.0327. The standard InChI is InChI=1S/C26H27N3O3/c1-18-12-19(2)29(27-18)24-5-3-4-23(15-24)26(30)28-9-11-31-17-21(16-28)13-20-6-7-22-8-10-32-25(22)14-20/h3-8,10,12,14-15,21H,9,11,13,16-17H2,1-2H3/t21-/m1/s1. The van der Waals surface area contributed by atoms with E-state index in [-0.39, 0.29) is 11.8 Å². The van der Waals surface area contributed by atoms with E-state index in [0.29, 0.717) is 31.9 Å². The number of carbonyl (C=O) groups excluding carboxylic acids is 1. The average Bonchev–Trinajstić information content (AvgIpc) is 3.32. The van der Waals surface area contributed by atoms with E-state index < -0.39 is 0 Å². The Morgan fingerprint density at radius 2 is 2.03 bits per heavy atom. The second kappa shape index (κ2) is 8.63. The summed E-state index contributed by atoms with van der Waals surface area (Å²) in [7, 11) is 0. The molecule has 0 spiro atoms. The first-order valence-corrected chi connectivity index (χ1v) is 11.0. The molecule has 1 aliphatic rings. The molecule has 3 heterocycles. The Bertz CT molecular complexity index is 1260. The third-order valence-corrected chi connectivity index (χ3v) is 6.02. The quantitative estimate of drug-likeness (QED) is 0.477. The molecule has 1 atom stereocenters. The fourth-order valence-electron chi connectivity index (χ4n) is 4.49. The fraction of sp³-hybridized carbons (Fsp3) is 0.308. The number of hydrogen-bond acceptors (Lipinski definition) is 4. The van der Waals surface area contributed by atoms with Crippen LogP contribution in [-0.2, 0) is 11.2 Å². The first-order chi connectivity index (χ1) is 15.6. The molecule has 0 aliphatic carbocycles. The van der Waals surface area contributed by atoms with E-state index in [1.54, 1.807) is 6.26 Å². The normalized spacial score (nSPS) is 16.9. The van der Waals surface area contributed by atoms with Gasteiger partial charge in [0.05, 0.1) is 30.9 Å². The van der Waals surface area contributed by atoms with E-state index in [2.05, 4.69) is 23.3 Å². The van der Waals surface area contributed by atoms with E-state index in [9.17, 15) is 4.79 Å². The van der Waals surface area contributed by atoms with Crippen molar-refractivity contribution >= 4 is 16.9 Å². The highest BCUT2D eigenvalue weighted by Gasteiger charge is 2.24. The van der Waals surface area contributed by atoms with Crippen molar-refractivity contribution in [3.63, 3.8) is 0 Å². The Labute approximate surface area is 187 Å². The second-order valence-electron chi connectivity index (χ2n) is 8.58. The number of carbonyl (C=O) groups is 1. The van der Waals surface area contributed by atoms with Crippen LogP contribution in [0.15, 0.2) is 65.3 Å². The molecule has 0 bridgehead atoms. The Hall–Kier alpha value is -3.38. The molecule has 5 rings (SSSR count). The molecular weight excluding hydrogens is 402 g/mol. The van der Waals surface area contributed by atoms with Gasteiger partial charge in [0.25, 0.3) is 5.91 Å². The monoisotopic (exact) mass is 429 g/mol. The van der Waals surface area contributed by atoms with Crippen LogP contribution in [0.3, 0.4) is 0 Å². The molecule has 1 saturated heterocycles. The van der Waals surface area contributed by atoms with Crippen LogP contribution in [0.2, 0.25) is 0 Å². The third kappa shape index (κ3) is 4.18. The van der Waals surface area contributed by atoms with Gasteiger partial charge in [0, 0.05) is 35.7 Å². The highest BCUT2D eigenvalue weighted by Crippen LogP contribution is 2.22. The van der Waals surface area contributed by atoms with Gasteiger partial charge >= 0.3 is 0 Å². The first-order valence-electron chi connectivity index (χ1n) is 11.0. The molecule has 6 heteroatoms. The number of fused-ring (bicyclic) bond motifs is 1. The SMILES string of the molecule is Cc1cc(C)n(-c2cccc(C(=O)N3CCOC[C@H](Cc4ccc5ccoc5c4)C3)c2)n1. The summed E-state index contributed by atoms with van der Waals surface area (Å²) in [5.41, 5.74) is 5.67. The largest absolute Gasteiger partial charge is 0.464 e. The van der Waals surface area contributed by atoms with Crippen LogP contribution < -0.4 is 0 Å². The van der Waals surface area contributed by atoms with Crippen LogP contribution in [0.1, 0.15) is 27.3 Å². The number of aryl methyl sites for hydroxylation is 2. The van der Waals surface area contributed by atoms with E-state index in [1.165, 1.54) is 5.56 Å². The molecule has 1 fully saturated rings. The van der Waals surface area contributed by atoms with Gasteiger partial charge < -0.3 is 14.1 Å². The van der Waals surface area contributed by atoms with E-state index in [1.807, 2.05) is 59.8 Å². The molecule has 4 aromatic rings. The fourth-order valence-corrected chi connectivity index (χ4v) is 4.49. The van der Waals surface area contributed by atoms with Crippen molar-refractivity contribution in [3.8, 4) is 5.69 Å². The van der Waals surface area contributed by atoms with Gasteiger partial charge in [-0.3, -0.25) is 4.79 Å². The molecular formula is C26H27N3O3. The van der Waals surface area contributed by atoms with Gasteiger partial charge in [0.2, 0.25) is 0 Å². The van der Waals surface area contributed by atoms with Crippen molar-refractivity contribution in [1.82, 2.24) is 14.7 Å². The lowest BCUT2D eigenvalue weighted by atomic mass is 9.98. The topological polar surface area (TPSA) is 60.5 Å². The van der Waals surface area contributed by atoms with Crippen LogP contribution in [0.25, 0.3) is 16.7 Å². The molecule has 0 saturated carbocycles. The average molecular weight is 430 g/mol. The summed E-state index contributed by atoms with van der Waals surface area (Å²) in [6, 6.07) is 18.0. The summed E-state index contributed by atoms with van der Waals surface area (Å²) >= 11 is 0. The number of benzene rings is 2. The Morgan fingerprint density at radius 3 is 2.88 bits per heavy atom. The zero-order valence-electron chi connectivity index (χ0n) is 18.5. The Morgan fingerprint density at radius 1 is 1.12 bits per heavy atom. The van der Waals surface area contributed by atoms with Crippen molar-refractivity contribution in [1.29, 1.82) is 0 Å². The van der Waals surface area contributed by atoms with Gasteiger partial charge in [0.1, 0.15) is 5.58 Å². The van der Waals surface area contributed by atoms with Gasteiger partial charge in [-0.05, 0) is 62.2 Å². The zero-order chi connectivity index (χ0) is 22.1. The predicted octanol–water partition coefficient (Wildman–Crippen LogP) is 4.57. The summed E-state index contributed by atoms with van der Waals surface area (Å²) in [5.74, 6) is 0.262. The Balaban J connectivity index is 1.33. The summed E-state index contributed by atoms with van der Waals surface area (Å²) in [6.45, 7) is 6.45. The molecule has 1 amide bonds. The van der Waals surface area contributed by atoms with Crippen LogP contribution in [0, 0.1) is 19.8 Å². The lowest BCUT2D eigenvalue weighted by Gasteiger charge is -2.24. The van der Waals surface area contributed by atoms with Gasteiger partial charge in [0.15, 0.2) is 0 Å². The van der Waals surface area contributed by atoms with Crippen LogP contribution >= 0.6 is 0 Å². The summed E-state index contributed by atoms with van der Waals surface area (Å²) in [6.07, 6.45) is 2.55. The minimum atomic E-state index is 0.0327. The summed E-state index contributed by atoms with van der Waals surface area (Å²) in [4.78, 5) is 15.3. The number of amides is 1. The van der Waals surface area contributed by atoms with Crippen molar-refractivity contribution in [2.24, 2.45) is 5.92 Å². The maximum atomic E-state index is 13.4. The van der Waals surface area contributed by atoms with Gasteiger partial charge in [-0.25, -0.2) is 4.68 Å². The van der Waals surface area contributed by atoms with E-state index in [4.69, 9.17) is 9.15 Å². The van der Waals surface area contributed by atoms with Gasteiger partial charge in [-0.1, -0.05) is 18.2 Å². The molecule has 0 N–H and O–H groups in total. The van der Waals surface area contributed by atoms with Crippen LogP contribution in [0.5, 0.6) is 0 Å². The molecule has 0 radical (unpaired) electrons. The molecule has 164 valence electrons. The lowest BCUT2D eigenvalue weighted by Crippen LogP contribution is -2.36. The molecule has 1 aliphatic heterocycles. The highest BCUT2D eigenvalue weighted by molar-refractivity contribution is 5.94. The lowest BCUT2D eigenvalue weighted by molar-refractivity contribution is 0.0737. The van der Waals surface area contributed by atoms with Crippen molar-refractivity contribution in [3.05, 3.63) is 83.4 Å². The zero-order valence-corrected chi connectivity index (χ0v) is 18.5. The maximum absolute atomic E-state index is 13.4. The smallest absolute Gasteiger partial charge is 0.254 e. The Kier molecular flexibility index (Phi) is 5.53. The highest BCUT2D eigenvalue weighted by atomic mass is 16.5. The number of furan rings is 1. The maximum Gasteiger partial charge on any atom is 0.254 e. The molecule has 6 nitrogen and oxygen atoms in total. The number of aromatic nitrogens is 2. The molecule has 2 aromatic heterocycles. The number of nitrogens with zero attached hydrogens (tertiary/aromatic N) is 3. The molecule has 2 aromatic carbocycles. The number of rotatable bonds is 4. The van der Waals surface area contributed by atoms with E-state index >= 15 is 0 Å². The summed E-state index contributed by atoms with van der Waals surface area (Å²) < 4.78 is 13.3. The second-order valence-corrected chi connectivity index (χ2v) is 8.58. The predicted molar refractivity (Wildman–Crippen MR) is 123 cm³/mol. The van der Waals surface area contributed by atoms with Crippen molar-refractivity contribution in [2.45, 2.75) is 20.3 Å². The third-order valence-electron chi connectivity index (χ3n) is 6.02. The van der Waals surface area contributed by atoms with Crippen molar-refractivity contribution < 1.29 is 13.9 Å². The number of hydrogen-bond donors (Lipinski definition) is 0. The van der Waals surface area contributed by atoms with Crippen LogP contribution in [-0.4, -0.2) is 46.9 Å². The van der Waals surface area contributed by atoms with Gasteiger partial charge in [-0.15, -0.1) is 0 Å². The van der Waals surface area contributed by atoms with Gasteiger partial charge in [-0.2, -0.15) is 5.10 Å². The minimum Gasteiger partial charge on any atom is -0.464 e. The van der Waals surface area contributed by atoms with Crippen LogP contribution in [0.4, 0.5) is 0 Å². The summed E-state index contributed by atoms with van der Waals surface area (Å²) in [5, 5.41) is 5.65. The number of ether oxygens (including phenoxy) is 1. The molecule has 0 unspecified atom stereocenters. The first kappa shape index (κ1) is 20.5. The molecule has 32 heavy (non-hydrogen) atoms. The van der Waals surface area contributed by atoms with E-state index in [0.717, 1.165) is 34.5 Å². The van der Waals surface area contributed by atoms with Crippen molar-refractivity contribution in [2.75, 3.05) is 26.3 Å².